The molecule has 1 aromatic carbocycles. The summed E-state index contributed by atoms with van der Waals surface area (Å²) in [6, 6.07) is 7.88. The van der Waals surface area contributed by atoms with E-state index in [0.717, 1.165) is 50.2 Å². The molecule has 0 fully saturated rings. The number of rotatable bonds is 17. The van der Waals surface area contributed by atoms with Gasteiger partial charge in [-0.2, -0.15) is 0 Å². The van der Waals surface area contributed by atoms with Crippen LogP contribution in [0.25, 0.3) is 11.4 Å². The molecule has 0 amide bonds. The quantitative estimate of drug-likeness (QED) is 0.210. The first-order chi connectivity index (χ1) is 15.3. The van der Waals surface area contributed by atoms with Crippen molar-refractivity contribution in [1.29, 1.82) is 0 Å². The van der Waals surface area contributed by atoms with Gasteiger partial charge in [-0.1, -0.05) is 45.3 Å². The Kier molecular flexibility index (Phi) is 13.1. The topological polar surface area (TPSA) is 53.5 Å². The van der Waals surface area contributed by atoms with Crippen LogP contribution < -0.4 is 9.47 Å². The van der Waals surface area contributed by atoms with Crippen LogP contribution in [0.2, 0.25) is 0 Å². The third-order valence-electron chi connectivity index (χ3n) is 4.78. The highest BCUT2D eigenvalue weighted by Gasteiger charge is 2.03. The molecule has 0 radical (unpaired) electrons. The number of hydrogen-bond donors (Lipinski definition) is 0. The fourth-order valence-corrected chi connectivity index (χ4v) is 3.00. The van der Waals surface area contributed by atoms with Crippen molar-refractivity contribution in [3.8, 4) is 22.9 Å². The number of unbranched alkanes of at least 4 members (excludes halogenated alkanes) is 5. The van der Waals surface area contributed by atoms with Gasteiger partial charge in [0.25, 0.3) is 0 Å². The van der Waals surface area contributed by atoms with E-state index < -0.39 is 0 Å². The van der Waals surface area contributed by atoms with Gasteiger partial charge < -0.3 is 14.2 Å². The lowest BCUT2D eigenvalue weighted by atomic mass is 10.1. The molecule has 0 atom stereocenters. The average Bonchev–Trinajstić information content (AvgIpc) is 2.81. The Bertz CT molecular complexity index is 714. The summed E-state index contributed by atoms with van der Waals surface area (Å²) in [7, 11) is 0. The molecule has 0 spiro atoms. The van der Waals surface area contributed by atoms with Crippen LogP contribution in [-0.4, -0.2) is 36.4 Å². The van der Waals surface area contributed by atoms with Crippen LogP contribution in [0.15, 0.2) is 48.8 Å². The highest BCUT2D eigenvalue weighted by Crippen LogP contribution is 2.20. The summed E-state index contributed by atoms with van der Waals surface area (Å²) in [5.74, 6) is 2.22. The maximum Gasteiger partial charge on any atom is 0.159 e. The van der Waals surface area contributed by atoms with Gasteiger partial charge in [-0.25, -0.2) is 9.97 Å². The minimum absolute atomic E-state index is 0.598. The van der Waals surface area contributed by atoms with Crippen LogP contribution >= 0.6 is 0 Å². The molecular weight excluding hydrogens is 388 g/mol. The summed E-state index contributed by atoms with van der Waals surface area (Å²) in [5, 5.41) is 0. The fourth-order valence-electron chi connectivity index (χ4n) is 3.00. The molecule has 170 valence electrons. The molecule has 0 aliphatic carbocycles. The predicted octanol–water partition coefficient (Wildman–Crippen LogP) is 6.63. The van der Waals surface area contributed by atoms with Gasteiger partial charge in [-0.3, -0.25) is 0 Å². The number of aromatic nitrogens is 2. The molecule has 2 rings (SSSR count). The Morgan fingerprint density at radius 3 is 2.23 bits per heavy atom. The van der Waals surface area contributed by atoms with Gasteiger partial charge >= 0.3 is 0 Å². The normalized spacial score (nSPS) is 11.2. The van der Waals surface area contributed by atoms with E-state index in [1.165, 1.54) is 25.7 Å². The van der Waals surface area contributed by atoms with E-state index >= 15 is 0 Å². The Hall–Kier alpha value is -2.40. The molecule has 0 aliphatic heterocycles. The Morgan fingerprint density at radius 2 is 1.48 bits per heavy atom. The summed E-state index contributed by atoms with van der Waals surface area (Å²) in [6.07, 6.45) is 17.1. The maximum absolute atomic E-state index is 5.77. The largest absolute Gasteiger partial charge is 0.490 e. The Balaban J connectivity index is 1.67. The van der Waals surface area contributed by atoms with Crippen molar-refractivity contribution in [3.63, 3.8) is 0 Å². The first-order valence-corrected chi connectivity index (χ1v) is 11.7. The van der Waals surface area contributed by atoms with Crippen LogP contribution in [0.4, 0.5) is 0 Å². The van der Waals surface area contributed by atoms with Crippen molar-refractivity contribution in [3.05, 3.63) is 48.8 Å². The third kappa shape index (κ3) is 11.0. The van der Waals surface area contributed by atoms with Crippen molar-refractivity contribution in [2.75, 3.05) is 26.4 Å². The minimum Gasteiger partial charge on any atom is -0.490 e. The average molecular weight is 427 g/mol. The summed E-state index contributed by atoms with van der Waals surface area (Å²) < 4.78 is 16.9. The molecule has 1 heterocycles. The van der Waals surface area contributed by atoms with Gasteiger partial charge in [0.2, 0.25) is 0 Å². The van der Waals surface area contributed by atoms with E-state index in [-0.39, 0.29) is 0 Å². The second kappa shape index (κ2) is 16.3. The lowest BCUT2D eigenvalue weighted by Gasteiger charge is -2.07. The minimum atomic E-state index is 0.598. The molecule has 0 saturated carbocycles. The van der Waals surface area contributed by atoms with Crippen molar-refractivity contribution in [2.24, 2.45) is 0 Å². The second-order valence-electron chi connectivity index (χ2n) is 7.57. The molecule has 0 bridgehead atoms. The first kappa shape index (κ1) is 24.9. The van der Waals surface area contributed by atoms with Gasteiger partial charge in [0.1, 0.15) is 12.4 Å². The van der Waals surface area contributed by atoms with Crippen molar-refractivity contribution in [1.82, 2.24) is 9.97 Å². The summed E-state index contributed by atoms with van der Waals surface area (Å²) in [4.78, 5) is 8.84. The molecule has 31 heavy (non-hydrogen) atoms. The Morgan fingerprint density at radius 1 is 0.710 bits per heavy atom. The van der Waals surface area contributed by atoms with Gasteiger partial charge in [0, 0.05) is 18.8 Å². The highest BCUT2D eigenvalue weighted by atomic mass is 16.5. The molecule has 0 saturated heterocycles. The second-order valence-corrected chi connectivity index (χ2v) is 7.57. The van der Waals surface area contributed by atoms with Crippen molar-refractivity contribution >= 4 is 0 Å². The molecule has 0 aliphatic rings. The zero-order valence-corrected chi connectivity index (χ0v) is 19.2. The number of ether oxygens (including phenoxy) is 3. The maximum atomic E-state index is 5.77. The SMILES string of the molecule is CCCCCCC=CCOc1ccc(-c2ncc(OCCCCOCCC)cn2)cc1. The molecule has 5 nitrogen and oxygen atoms in total. The molecule has 2 aromatic rings. The predicted molar refractivity (Wildman–Crippen MR) is 127 cm³/mol. The monoisotopic (exact) mass is 426 g/mol. The number of hydrogen-bond acceptors (Lipinski definition) is 5. The van der Waals surface area contributed by atoms with Crippen LogP contribution in [0.1, 0.15) is 65.2 Å². The van der Waals surface area contributed by atoms with E-state index in [1.54, 1.807) is 12.4 Å². The highest BCUT2D eigenvalue weighted by molar-refractivity contribution is 5.56. The van der Waals surface area contributed by atoms with Crippen LogP contribution in [0.5, 0.6) is 11.5 Å². The number of allylic oxidation sites excluding steroid dienone is 1. The summed E-state index contributed by atoms with van der Waals surface area (Å²) in [5.41, 5.74) is 0.957. The fraction of sp³-hybridized carbons (Fsp3) is 0.538. The third-order valence-corrected chi connectivity index (χ3v) is 4.78. The van der Waals surface area contributed by atoms with E-state index in [1.807, 2.05) is 24.3 Å². The zero-order chi connectivity index (χ0) is 22.0. The van der Waals surface area contributed by atoms with E-state index in [2.05, 4.69) is 36.0 Å². The summed E-state index contributed by atoms with van der Waals surface area (Å²) in [6.45, 7) is 7.22. The molecular formula is C26H38N2O3. The van der Waals surface area contributed by atoms with Crippen molar-refractivity contribution < 1.29 is 14.2 Å². The smallest absolute Gasteiger partial charge is 0.159 e. The van der Waals surface area contributed by atoms with E-state index in [0.29, 0.717) is 24.8 Å². The van der Waals surface area contributed by atoms with Gasteiger partial charge in [-0.15, -0.1) is 0 Å². The number of nitrogens with zero attached hydrogens (tertiary/aromatic N) is 2. The molecule has 0 N–H and O–H groups in total. The Labute approximate surface area is 187 Å². The van der Waals surface area contributed by atoms with E-state index in [9.17, 15) is 0 Å². The van der Waals surface area contributed by atoms with Crippen LogP contribution in [0, 0.1) is 0 Å². The van der Waals surface area contributed by atoms with Crippen LogP contribution in [-0.2, 0) is 4.74 Å². The van der Waals surface area contributed by atoms with Gasteiger partial charge in [0.15, 0.2) is 11.6 Å². The first-order valence-electron chi connectivity index (χ1n) is 11.7. The lowest BCUT2D eigenvalue weighted by Crippen LogP contribution is -2.02. The molecule has 0 unspecified atom stereocenters. The molecule has 5 heteroatoms. The van der Waals surface area contributed by atoms with Gasteiger partial charge in [0.05, 0.1) is 19.0 Å². The molecule has 1 aromatic heterocycles. The zero-order valence-electron chi connectivity index (χ0n) is 19.2. The standard InChI is InChI=1S/C26H38N2O3/c1-3-5-6-7-8-9-10-19-30-24-15-13-23(14-16-24)26-27-21-25(22-28-26)31-20-12-11-18-29-17-4-2/h9-10,13-16,21-22H,3-8,11-12,17-20H2,1-2H3. The van der Waals surface area contributed by atoms with Crippen molar-refractivity contribution in [2.45, 2.75) is 65.2 Å². The number of benzene rings is 1. The van der Waals surface area contributed by atoms with E-state index in [4.69, 9.17) is 14.2 Å². The summed E-state index contributed by atoms with van der Waals surface area (Å²) >= 11 is 0. The lowest BCUT2D eigenvalue weighted by molar-refractivity contribution is 0.127. The van der Waals surface area contributed by atoms with Gasteiger partial charge in [-0.05, 0) is 56.4 Å². The van der Waals surface area contributed by atoms with Crippen LogP contribution in [0.3, 0.4) is 0 Å².